The average Bonchev–Trinajstić information content (AvgIpc) is 2.53. The van der Waals surface area contributed by atoms with Gasteiger partial charge in [-0.3, -0.25) is 24.6 Å². The van der Waals surface area contributed by atoms with Crippen LogP contribution in [0.5, 0.6) is 0 Å². The fraction of sp³-hybridized carbons (Fsp3) is 0.429. The molecule has 124 valence electrons. The molecule has 0 aromatic heterocycles. The van der Waals surface area contributed by atoms with Crippen molar-refractivity contribution in [2.45, 2.75) is 12.5 Å². The summed E-state index contributed by atoms with van der Waals surface area (Å²) in [6.07, 6.45) is -0.290. The van der Waals surface area contributed by atoms with Crippen LogP contribution in [0.4, 0.5) is 11.4 Å². The Morgan fingerprint density at radius 2 is 2.00 bits per heavy atom. The first-order valence-corrected chi connectivity index (χ1v) is 7.07. The van der Waals surface area contributed by atoms with E-state index in [2.05, 4.69) is 5.32 Å². The van der Waals surface area contributed by atoms with Crippen LogP contribution in [0.2, 0.25) is 0 Å². The van der Waals surface area contributed by atoms with Crippen LogP contribution in [0, 0.1) is 10.1 Å². The molecule has 0 radical (unpaired) electrons. The minimum absolute atomic E-state index is 0.0496. The lowest BCUT2D eigenvalue weighted by atomic mass is 10.1. The number of anilines is 1. The van der Waals surface area contributed by atoms with Crippen LogP contribution in [0.25, 0.3) is 0 Å². The van der Waals surface area contributed by atoms with Gasteiger partial charge in [0.1, 0.15) is 11.7 Å². The van der Waals surface area contributed by atoms with Crippen molar-refractivity contribution in [3.8, 4) is 0 Å². The summed E-state index contributed by atoms with van der Waals surface area (Å²) in [5.41, 5.74) is -0.187. The number of nitro benzene ring substituents is 1. The van der Waals surface area contributed by atoms with E-state index in [0.717, 1.165) is 0 Å². The Morgan fingerprint density at radius 1 is 1.35 bits per heavy atom. The van der Waals surface area contributed by atoms with Crippen LogP contribution in [-0.2, 0) is 14.3 Å². The zero-order chi connectivity index (χ0) is 16.8. The van der Waals surface area contributed by atoms with Crippen molar-refractivity contribution < 1.29 is 24.4 Å². The summed E-state index contributed by atoms with van der Waals surface area (Å²) >= 11 is 0. The molecule has 1 saturated heterocycles. The third-order valence-corrected chi connectivity index (χ3v) is 3.53. The number of para-hydroxylation sites is 2. The first kappa shape index (κ1) is 16.8. The first-order valence-electron chi connectivity index (χ1n) is 7.07. The predicted molar refractivity (Wildman–Crippen MR) is 80.2 cm³/mol. The Balaban J connectivity index is 2.05. The lowest BCUT2D eigenvalue weighted by Gasteiger charge is -2.31. The number of hydrogen-bond acceptors (Lipinski definition) is 6. The highest BCUT2D eigenvalue weighted by atomic mass is 16.6. The molecule has 1 aliphatic heterocycles. The molecule has 0 bridgehead atoms. The summed E-state index contributed by atoms with van der Waals surface area (Å²) in [6, 6.07) is 4.73. The molecular weight excluding hydrogens is 306 g/mol. The maximum absolute atomic E-state index is 12.1. The van der Waals surface area contributed by atoms with E-state index in [1.165, 1.54) is 18.2 Å². The largest absolute Gasteiger partial charge is 0.480 e. The number of nitrogens with zero attached hydrogens (tertiary/aromatic N) is 2. The van der Waals surface area contributed by atoms with Crippen molar-refractivity contribution in [1.29, 1.82) is 0 Å². The molecule has 1 amide bonds. The van der Waals surface area contributed by atoms with Gasteiger partial charge in [-0.05, 0) is 6.07 Å². The molecule has 1 unspecified atom stereocenters. The number of hydrogen-bond donors (Lipinski definition) is 2. The number of nitrogens with one attached hydrogen (secondary N) is 1. The molecule has 0 saturated carbocycles. The molecule has 1 aromatic carbocycles. The van der Waals surface area contributed by atoms with Crippen molar-refractivity contribution in [2.75, 3.05) is 31.6 Å². The molecule has 2 N–H and O–H groups in total. The number of carboxylic acid groups (broad SMARTS) is 1. The standard InChI is InChI=1S/C14H17N3O6/c18-13(15-10-3-1-2-4-11(10)17(21)22)9-12(14(19)20)16-5-7-23-8-6-16/h1-4,12H,5-9H2,(H,15,18)(H,19,20). The summed E-state index contributed by atoms with van der Waals surface area (Å²) in [7, 11) is 0. The Hall–Kier alpha value is -2.52. The van der Waals surface area contributed by atoms with E-state index in [-0.39, 0.29) is 17.8 Å². The fourth-order valence-electron chi connectivity index (χ4n) is 2.38. The third kappa shape index (κ3) is 4.47. The number of carbonyl (C=O) groups excluding carboxylic acids is 1. The van der Waals surface area contributed by atoms with Gasteiger partial charge in [0, 0.05) is 19.2 Å². The number of carbonyl (C=O) groups is 2. The van der Waals surface area contributed by atoms with Gasteiger partial charge in [0.15, 0.2) is 0 Å². The minimum atomic E-state index is -1.11. The summed E-state index contributed by atoms with van der Waals surface area (Å²) in [6.45, 7) is 1.68. The monoisotopic (exact) mass is 323 g/mol. The number of aliphatic carboxylic acids is 1. The van der Waals surface area contributed by atoms with E-state index in [4.69, 9.17) is 4.74 Å². The molecule has 9 heteroatoms. The molecule has 1 fully saturated rings. The van der Waals surface area contributed by atoms with E-state index in [1.807, 2.05) is 0 Å². The van der Waals surface area contributed by atoms with E-state index in [9.17, 15) is 24.8 Å². The van der Waals surface area contributed by atoms with Gasteiger partial charge in [0.2, 0.25) is 5.91 Å². The second kappa shape index (κ2) is 7.65. The maximum Gasteiger partial charge on any atom is 0.321 e. The number of nitro groups is 1. The van der Waals surface area contributed by atoms with Crippen LogP contribution in [-0.4, -0.2) is 59.2 Å². The second-order valence-corrected chi connectivity index (χ2v) is 5.03. The lowest BCUT2D eigenvalue weighted by Crippen LogP contribution is -2.48. The molecule has 2 rings (SSSR count). The van der Waals surface area contributed by atoms with Crippen LogP contribution in [0.15, 0.2) is 24.3 Å². The highest BCUT2D eigenvalue weighted by molar-refractivity contribution is 5.95. The zero-order valence-electron chi connectivity index (χ0n) is 12.3. The molecule has 1 atom stereocenters. The van der Waals surface area contributed by atoms with E-state index in [1.54, 1.807) is 11.0 Å². The quantitative estimate of drug-likeness (QED) is 0.584. The van der Waals surface area contributed by atoms with Gasteiger partial charge < -0.3 is 15.2 Å². The number of rotatable bonds is 6. The van der Waals surface area contributed by atoms with Crippen molar-refractivity contribution >= 4 is 23.3 Å². The van der Waals surface area contributed by atoms with Gasteiger partial charge in [-0.15, -0.1) is 0 Å². The highest BCUT2D eigenvalue weighted by Gasteiger charge is 2.29. The number of morpholine rings is 1. The molecule has 0 aliphatic carbocycles. The summed E-state index contributed by atoms with van der Waals surface area (Å²) < 4.78 is 5.16. The molecule has 1 aromatic rings. The second-order valence-electron chi connectivity index (χ2n) is 5.03. The predicted octanol–water partition coefficient (Wildman–Crippen LogP) is 0.709. The lowest BCUT2D eigenvalue weighted by molar-refractivity contribution is -0.383. The summed E-state index contributed by atoms with van der Waals surface area (Å²) in [5, 5.41) is 22.6. The van der Waals surface area contributed by atoms with Gasteiger partial charge in [0.05, 0.1) is 24.6 Å². The number of benzene rings is 1. The number of amides is 1. The maximum atomic E-state index is 12.1. The number of ether oxygens (including phenoxy) is 1. The smallest absolute Gasteiger partial charge is 0.321 e. The highest BCUT2D eigenvalue weighted by Crippen LogP contribution is 2.23. The van der Waals surface area contributed by atoms with Gasteiger partial charge >= 0.3 is 5.97 Å². The van der Waals surface area contributed by atoms with Crippen LogP contribution >= 0.6 is 0 Å². The Labute approximate surface area is 132 Å². The van der Waals surface area contributed by atoms with Crippen molar-refractivity contribution in [3.63, 3.8) is 0 Å². The Kier molecular flexibility index (Phi) is 5.61. The summed E-state index contributed by atoms with van der Waals surface area (Å²) in [5.74, 6) is -1.69. The zero-order valence-corrected chi connectivity index (χ0v) is 12.3. The molecule has 0 spiro atoms. The van der Waals surface area contributed by atoms with Crippen molar-refractivity contribution in [2.24, 2.45) is 0 Å². The van der Waals surface area contributed by atoms with Crippen molar-refractivity contribution in [3.05, 3.63) is 34.4 Å². The van der Waals surface area contributed by atoms with E-state index in [0.29, 0.717) is 26.3 Å². The SMILES string of the molecule is O=C(CC(C(=O)O)N1CCOCC1)Nc1ccccc1[N+](=O)[O-]. The van der Waals surface area contributed by atoms with Gasteiger partial charge in [-0.25, -0.2) is 0 Å². The van der Waals surface area contributed by atoms with E-state index < -0.39 is 22.8 Å². The van der Waals surface area contributed by atoms with Crippen LogP contribution in [0.3, 0.4) is 0 Å². The minimum Gasteiger partial charge on any atom is -0.480 e. The average molecular weight is 323 g/mol. The normalized spacial score (nSPS) is 16.5. The third-order valence-electron chi connectivity index (χ3n) is 3.53. The molecular formula is C14H17N3O6. The molecule has 9 nitrogen and oxygen atoms in total. The van der Waals surface area contributed by atoms with E-state index >= 15 is 0 Å². The first-order chi connectivity index (χ1) is 11.0. The van der Waals surface area contributed by atoms with Crippen LogP contribution < -0.4 is 5.32 Å². The summed E-state index contributed by atoms with van der Waals surface area (Å²) in [4.78, 5) is 35.5. The Bertz CT molecular complexity index is 600. The topological polar surface area (TPSA) is 122 Å². The van der Waals surface area contributed by atoms with Gasteiger partial charge in [-0.2, -0.15) is 0 Å². The van der Waals surface area contributed by atoms with Crippen molar-refractivity contribution in [1.82, 2.24) is 4.90 Å². The molecule has 1 aliphatic rings. The molecule has 1 heterocycles. The van der Waals surface area contributed by atoms with Gasteiger partial charge in [-0.1, -0.05) is 12.1 Å². The molecule has 23 heavy (non-hydrogen) atoms. The van der Waals surface area contributed by atoms with Crippen LogP contribution in [0.1, 0.15) is 6.42 Å². The van der Waals surface area contributed by atoms with Gasteiger partial charge in [0.25, 0.3) is 5.69 Å². The Morgan fingerprint density at radius 3 is 2.61 bits per heavy atom. The number of carboxylic acids is 1. The fourth-order valence-corrected chi connectivity index (χ4v) is 2.38.